The van der Waals surface area contributed by atoms with Gasteiger partial charge in [-0.05, 0) is 46.8 Å². The van der Waals surface area contributed by atoms with E-state index in [9.17, 15) is 19.5 Å². The number of benzene rings is 2. The van der Waals surface area contributed by atoms with Crippen LogP contribution in [0, 0.1) is 0 Å². The standard InChI is InChI=1S/C32H35N7O4/c1-2-14-33-19-29(41)39-27(17-22-9-11-26(40)12-10-22)31(42)38(20-24-7-5-6-23-13-16-35-30(23)24)21-28(39)37-32(43)36-18-25-8-3-4-15-34-25/h2-13,15-16,27-28,33,35,40H,1,14,17-21H2,(H2,36,37,43)/t27-,28+/m0/s1. The van der Waals surface area contributed by atoms with Crippen molar-refractivity contribution in [1.82, 2.24) is 35.7 Å². The lowest BCUT2D eigenvalue weighted by atomic mass is 9.98. The van der Waals surface area contributed by atoms with Crippen LogP contribution in [0.2, 0.25) is 0 Å². The number of fused-ring (bicyclic) bond motifs is 1. The number of aromatic amines is 1. The zero-order chi connectivity index (χ0) is 30.2. The molecule has 0 aliphatic carbocycles. The fraction of sp³-hybridized carbons (Fsp3) is 0.250. The monoisotopic (exact) mass is 581 g/mol. The number of amides is 4. The summed E-state index contributed by atoms with van der Waals surface area (Å²) >= 11 is 0. The maximum atomic E-state index is 14.2. The summed E-state index contributed by atoms with van der Waals surface area (Å²) in [6.07, 6.45) is 4.53. The first-order valence-electron chi connectivity index (χ1n) is 14.1. The van der Waals surface area contributed by atoms with Crippen molar-refractivity contribution in [2.45, 2.75) is 31.7 Å². The molecule has 0 unspecified atom stereocenters. The minimum Gasteiger partial charge on any atom is -0.508 e. The van der Waals surface area contributed by atoms with Gasteiger partial charge in [-0.3, -0.25) is 14.6 Å². The first-order valence-corrected chi connectivity index (χ1v) is 14.1. The Hall–Kier alpha value is -5.16. The normalized spacial score (nSPS) is 16.7. The molecule has 1 aliphatic heterocycles. The van der Waals surface area contributed by atoms with Crippen molar-refractivity contribution in [2.75, 3.05) is 19.6 Å². The second kappa shape index (κ2) is 13.7. The highest BCUT2D eigenvalue weighted by Gasteiger charge is 2.43. The summed E-state index contributed by atoms with van der Waals surface area (Å²) in [6.45, 7) is 4.62. The van der Waals surface area contributed by atoms with Crippen molar-refractivity contribution in [2.24, 2.45) is 0 Å². The predicted molar refractivity (Wildman–Crippen MR) is 163 cm³/mol. The number of pyridine rings is 1. The van der Waals surface area contributed by atoms with Crippen molar-refractivity contribution in [3.63, 3.8) is 0 Å². The van der Waals surface area contributed by atoms with Gasteiger partial charge in [0.15, 0.2) is 0 Å². The van der Waals surface area contributed by atoms with Crippen LogP contribution in [0.25, 0.3) is 10.9 Å². The topological polar surface area (TPSA) is 143 Å². The summed E-state index contributed by atoms with van der Waals surface area (Å²) in [6, 6.07) is 18.4. The first kappa shape index (κ1) is 29.3. The molecule has 0 radical (unpaired) electrons. The molecule has 4 amide bonds. The van der Waals surface area contributed by atoms with Gasteiger partial charge in [-0.25, -0.2) is 4.79 Å². The van der Waals surface area contributed by atoms with E-state index in [1.807, 2.05) is 36.5 Å². The molecule has 2 aromatic heterocycles. The van der Waals surface area contributed by atoms with Gasteiger partial charge in [0.05, 0.1) is 30.8 Å². The number of para-hydroxylation sites is 1. The second-order valence-corrected chi connectivity index (χ2v) is 10.3. The maximum Gasteiger partial charge on any atom is 0.316 e. The Labute approximate surface area is 249 Å². The van der Waals surface area contributed by atoms with E-state index < -0.39 is 18.2 Å². The number of carbonyl (C=O) groups excluding carboxylic acids is 3. The Kier molecular flexibility index (Phi) is 9.33. The third-order valence-corrected chi connectivity index (χ3v) is 7.37. The maximum absolute atomic E-state index is 14.2. The molecular formula is C32H35N7O4. The molecule has 1 saturated heterocycles. The molecular weight excluding hydrogens is 546 g/mol. The average molecular weight is 582 g/mol. The van der Waals surface area contributed by atoms with Crippen LogP contribution in [0.3, 0.4) is 0 Å². The number of nitrogens with zero attached hydrogens (tertiary/aromatic N) is 3. The van der Waals surface area contributed by atoms with Crippen molar-refractivity contribution < 1.29 is 19.5 Å². The molecule has 11 nitrogen and oxygen atoms in total. The minimum atomic E-state index is -0.903. The van der Waals surface area contributed by atoms with Crippen molar-refractivity contribution in [3.8, 4) is 5.75 Å². The van der Waals surface area contributed by atoms with Gasteiger partial charge < -0.3 is 35.8 Å². The Morgan fingerprint density at radius 3 is 2.70 bits per heavy atom. The molecule has 5 rings (SSSR count). The van der Waals surface area contributed by atoms with Crippen LogP contribution in [0.15, 0.2) is 91.8 Å². The Morgan fingerprint density at radius 2 is 1.93 bits per heavy atom. The molecule has 1 fully saturated rings. The summed E-state index contributed by atoms with van der Waals surface area (Å²) in [5, 5.41) is 19.6. The van der Waals surface area contributed by atoms with Crippen molar-refractivity contribution in [3.05, 3.63) is 109 Å². The van der Waals surface area contributed by atoms with Crippen molar-refractivity contribution >= 4 is 28.7 Å². The number of aromatic hydroxyl groups is 1. The third kappa shape index (κ3) is 7.19. The van der Waals surface area contributed by atoms with Gasteiger partial charge in [0.2, 0.25) is 11.8 Å². The molecule has 0 saturated carbocycles. The van der Waals surface area contributed by atoms with E-state index in [4.69, 9.17) is 0 Å². The van der Waals surface area contributed by atoms with Crippen LogP contribution in [0.1, 0.15) is 16.8 Å². The molecule has 43 heavy (non-hydrogen) atoms. The van der Waals surface area contributed by atoms with E-state index >= 15 is 0 Å². The number of hydrogen-bond acceptors (Lipinski definition) is 6. The quantitative estimate of drug-likeness (QED) is 0.136. The summed E-state index contributed by atoms with van der Waals surface area (Å²) in [5.74, 6) is -0.467. The zero-order valence-electron chi connectivity index (χ0n) is 23.7. The number of carbonyl (C=O) groups is 3. The smallest absolute Gasteiger partial charge is 0.316 e. The average Bonchev–Trinajstić information content (AvgIpc) is 3.50. The van der Waals surface area contributed by atoms with E-state index in [2.05, 4.69) is 32.5 Å². The van der Waals surface area contributed by atoms with E-state index in [-0.39, 0.29) is 50.2 Å². The number of H-pyrrole nitrogens is 1. The van der Waals surface area contributed by atoms with E-state index in [1.165, 1.54) is 4.90 Å². The van der Waals surface area contributed by atoms with Crippen LogP contribution in [-0.4, -0.2) is 74.6 Å². The number of nitrogens with one attached hydrogen (secondary N) is 4. The molecule has 0 bridgehead atoms. The van der Waals surface area contributed by atoms with Crippen LogP contribution in [0.5, 0.6) is 5.75 Å². The molecule has 3 heterocycles. The fourth-order valence-corrected chi connectivity index (χ4v) is 5.32. The Morgan fingerprint density at radius 1 is 1.09 bits per heavy atom. The van der Waals surface area contributed by atoms with Gasteiger partial charge in [0.1, 0.15) is 18.0 Å². The number of phenols is 1. The number of phenolic OH excluding ortho intramolecular Hbond substituents is 1. The van der Waals surface area contributed by atoms with E-state index in [0.717, 1.165) is 22.0 Å². The highest BCUT2D eigenvalue weighted by molar-refractivity contribution is 5.91. The Balaban J connectivity index is 1.45. The number of rotatable bonds is 11. The summed E-state index contributed by atoms with van der Waals surface area (Å²) in [4.78, 5) is 51.6. The van der Waals surface area contributed by atoms with Crippen LogP contribution < -0.4 is 16.0 Å². The fourth-order valence-electron chi connectivity index (χ4n) is 5.32. The largest absolute Gasteiger partial charge is 0.508 e. The van der Waals surface area contributed by atoms with Gasteiger partial charge in [-0.15, -0.1) is 6.58 Å². The molecule has 11 heteroatoms. The first-order chi connectivity index (χ1) is 20.9. The highest BCUT2D eigenvalue weighted by Crippen LogP contribution is 2.25. The molecule has 2 aromatic carbocycles. The summed E-state index contributed by atoms with van der Waals surface area (Å²) in [5.41, 5.74) is 3.30. The van der Waals surface area contributed by atoms with Gasteiger partial charge in [-0.1, -0.05) is 42.5 Å². The van der Waals surface area contributed by atoms with Crippen LogP contribution in [-0.2, 0) is 29.1 Å². The van der Waals surface area contributed by atoms with Crippen molar-refractivity contribution in [1.29, 1.82) is 0 Å². The van der Waals surface area contributed by atoms with Gasteiger partial charge in [0, 0.05) is 31.9 Å². The minimum absolute atomic E-state index is 0.0408. The van der Waals surface area contributed by atoms with Gasteiger partial charge in [-0.2, -0.15) is 0 Å². The zero-order valence-corrected chi connectivity index (χ0v) is 23.7. The molecule has 0 spiro atoms. The Bertz CT molecular complexity index is 1570. The summed E-state index contributed by atoms with van der Waals surface area (Å²) < 4.78 is 0. The van der Waals surface area contributed by atoms with Gasteiger partial charge in [0.25, 0.3) is 0 Å². The lowest BCUT2D eigenvalue weighted by molar-refractivity contribution is -0.156. The molecule has 4 aromatic rings. The molecule has 222 valence electrons. The van der Waals surface area contributed by atoms with E-state index in [1.54, 1.807) is 53.6 Å². The third-order valence-electron chi connectivity index (χ3n) is 7.37. The lowest BCUT2D eigenvalue weighted by Gasteiger charge is -2.46. The molecule has 5 N–H and O–H groups in total. The highest BCUT2D eigenvalue weighted by atomic mass is 16.3. The lowest BCUT2D eigenvalue weighted by Crippen LogP contribution is -2.69. The van der Waals surface area contributed by atoms with Gasteiger partial charge >= 0.3 is 6.03 Å². The number of aromatic nitrogens is 2. The molecule has 1 aliphatic rings. The van der Waals surface area contributed by atoms with Crippen LogP contribution in [0.4, 0.5) is 4.79 Å². The number of urea groups is 1. The molecule has 2 atom stereocenters. The number of hydrogen-bond donors (Lipinski definition) is 5. The predicted octanol–water partition coefficient (Wildman–Crippen LogP) is 2.65. The number of piperazine rings is 1. The van der Waals surface area contributed by atoms with E-state index in [0.29, 0.717) is 12.2 Å². The van der Waals surface area contributed by atoms with Crippen LogP contribution >= 0.6 is 0 Å². The second-order valence-electron chi connectivity index (χ2n) is 10.3. The summed E-state index contributed by atoms with van der Waals surface area (Å²) in [7, 11) is 0. The SMILES string of the molecule is C=CCNCC(=O)N1[C@@H](NC(=O)NCc2ccccn2)CN(Cc2cccc3cc[nH]c23)C(=O)[C@@H]1Cc1ccc(O)cc1.